The summed E-state index contributed by atoms with van der Waals surface area (Å²) in [6.45, 7) is 3.77. The summed E-state index contributed by atoms with van der Waals surface area (Å²) in [5, 5.41) is 3.79. The van der Waals surface area contributed by atoms with Crippen molar-refractivity contribution in [1.82, 2.24) is 14.3 Å². The van der Waals surface area contributed by atoms with Crippen LogP contribution in [0, 0.1) is 0 Å². The molecular formula is C24H24Cl2N6O4S. The molecule has 1 saturated heterocycles. The van der Waals surface area contributed by atoms with Crippen LogP contribution in [-0.4, -0.2) is 67.3 Å². The predicted octanol–water partition coefficient (Wildman–Crippen LogP) is 4.00. The maximum Gasteiger partial charge on any atom is 0.268 e. The monoisotopic (exact) mass is 562 g/mol. The maximum atomic E-state index is 13.1. The second kappa shape index (κ2) is 10.3. The first-order valence-electron chi connectivity index (χ1n) is 11.6. The number of para-hydroxylation sites is 1. The quantitative estimate of drug-likeness (QED) is 0.480. The highest BCUT2D eigenvalue weighted by Crippen LogP contribution is 2.37. The summed E-state index contributed by atoms with van der Waals surface area (Å²) in [6, 6.07) is 12.7. The van der Waals surface area contributed by atoms with E-state index in [4.69, 9.17) is 27.9 Å². The Kier molecular flexibility index (Phi) is 7.13. The van der Waals surface area contributed by atoms with Gasteiger partial charge in [0.05, 0.1) is 21.5 Å². The van der Waals surface area contributed by atoms with E-state index < -0.39 is 10.0 Å². The fourth-order valence-electron chi connectivity index (χ4n) is 4.22. The van der Waals surface area contributed by atoms with Gasteiger partial charge in [-0.2, -0.15) is 9.29 Å². The molecule has 37 heavy (non-hydrogen) atoms. The van der Waals surface area contributed by atoms with Gasteiger partial charge in [0.1, 0.15) is 5.56 Å². The lowest BCUT2D eigenvalue weighted by Gasteiger charge is -2.35. The molecule has 0 atom stereocenters. The minimum atomic E-state index is -3.16. The lowest BCUT2D eigenvalue weighted by atomic mass is 10.2. The summed E-state index contributed by atoms with van der Waals surface area (Å²) in [6.07, 6.45) is 1.40. The van der Waals surface area contributed by atoms with Crippen LogP contribution in [-0.2, 0) is 10.0 Å². The van der Waals surface area contributed by atoms with Gasteiger partial charge in [-0.3, -0.25) is 9.69 Å². The van der Waals surface area contributed by atoms with E-state index in [0.29, 0.717) is 41.9 Å². The molecule has 0 saturated carbocycles. The lowest BCUT2D eigenvalue weighted by molar-refractivity contribution is 0.0932. The van der Waals surface area contributed by atoms with Crippen molar-refractivity contribution in [2.75, 3.05) is 53.8 Å². The number of rotatable bonds is 6. The average molecular weight is 563 g/mol. The van der Waals surface area contributed by atoms with Crippen LogP contribution >= 0.6 is 23.2 Å². The number of nitrogens with zero attached hydrogens (tertiary/aromatic N) is 5. The highest BCUT2D eigenvalue weighted by Gasteiger charge is 2.31. The van der Waals surface area contributed by atoms with E-state index in [1.54, 1.807) is 29.4 Å². The van der Waals surface area contributed by atoms with Gasteiger partial charge in [0.25, 0.3) is 5.91 Å². The molecular weight excluding hydrogens is 539 g/mol. The molecule has 0 bridgehead atoms. The summed E-state index contributed by atoms with van der Waals surface area (Å²) in [5.74, 6) is 0.199. The third kappa shape index (κ3) is 5.17. The van der Waals surface area contributed by atoms with E-state index in [-0.39, 0.29) is 35.8 Å². The number of amides is 1. The molecule has 5 rings (SSSR count). The van der Waals surface area contributed by atoms with Crippen molar-refractivity contribution < 1.29 is 17.9 Å². The highest BCUT2D eigenvalue weighted by atomic mass is 35.5. The molecule has 1 fully saturated rings. The minimum absolute atomic E-state index is 0.0900. The number of hydrogen-bond donors (Lipinski definition) is 1. The summed E-state index contributed by atoms with van der Waals surface area (Å²) >= 11 is 12.5. The minimum Gasteiger partial charge on any atom is -0.455 e. The average Bonchev–Trinajstić information content (AvgIpc) is 2.90. The summed E-state index contributed by atoms with van der Waals surface area (Å²) in [7, 11) is -3.16. The summed E-state index contributed by atoms with van der Waals surface area (Å²) in [4.78, 5) is 25.2. The number of carbonyl (C=O) groups excluding carboxylic acids is 1. The summed E-state index contributed by atoms with van der Waals surface area (Å²) < 4.78 is 31.4. The number of ether oxygens (including phenoxy) is 1. The van der Waals surface area contributed by atoms with E-state index in [1.165, 1.54) is 11.1 Å². The van der Waals surface area contributed by atoms with E-state index in [2.05, 4.69) is 20.2 Å². The molecule has 1 amide bonds. The predicted molar refractivity (Wildman–Crippen MR) is 144 cm³/mol. The van der Waals surface area contributed by atoms with Gasteiger partial charge in [0.2, 0.25) is 21.9 Å². The molecule has 1 aromatic heterocycles. The zero-order valence-electron chi connectivity index (χ0n) is 19.9. The fraction of sp³-hybridized carbons (Fsp3) is 0.292. The Hall–Kier alpha value is -3.12. The number of sulfonamides is 1. The topological polar surface area (TPSA) is 108 Å². The molecule has 0 spiro atoms. The van der Waals surface area contributed by atoms with Crippen molar-refractivity contribution >= 4 is 62.1 Å². The Bertz CT molecular complexity index is 1410. The van der Waals surface area contributed by atoms with Gasteiger partial charge in [-0.25, -0.2) is 13.4 Å². The Morgan fingerprint density at radius 2 is 1.70 bits per heavy atom. The SMILES string of the molecule is CCS(=O)(=O)N1CCN(c2ccc(Nc3ncc4c(n3)OCN(c3c(Cl)cccc3Cl)C4=O)cc2)CC1. The van der Waals surface area contributed by atoms with E-state index in [1.807, 2.05) is 24.3 Å². The Morgan fingerprint density at radius 1 is 1.03 bits per heavy atom. The number of benzene rings is 2. The molecule has 10 nitrogen and oxygen atoms in total. The van der Waals surface area contributed by atoms with Gasteiger partial charge < -0.3 is 15.0 Å². The number of nitrogens with one attached hydrogen (secondary N) is 1. The molecule has 1 N–H and O–H groups in total. The van der Waals surface area contributed by atoms with Crippen LogP contribution in [0.15, 0.2) is 48.7 Å². The van der Waals surface area contributed by atoms with Gasteiger partial charge in [0.15, 0.2) is 6.73 Å². The molecule has 2 aliphatic rings. The van der Waals surface area contributed by atoms with Crippen LogP contribution in [0.4, 0.5) is 23.0 Å². The molecule has 0 aliphatic carbocycles. The largest absolute Gasteiger partial charge is 0.455 e. The number of anilines is 4. The first-order valence-corrected chi connectivity index (χ1v) is 14.0. The molecule has 13 heteroatoms. The van der Waals surface area contributed by atoms with Gasteiger partial charge in [-0.05, 0) is 43.3 Å². The number of fused-ring (bicyclic) bond motifs is 1. The van der Waals surface area contributed by atoms with Crippen LogP contribution in [0.25, 0.3) is 0 Å². The molecule has 2 aliphatic heterocycles. The van der Waals surface area contributed by atoms with Crippen molar-refractivity contribution in [2.24, 2.45) is 0 Å². The van der Waals surface area contributed by atoms with Crippen molar-refractivity contribution in [3.63, 3.8) is 0 Å². The van der Waals surface area contributed by atoms with Crippen LogP contribution in [0.3, 0.4) is 0 Å². The normalized spacial score (nSPS) is 16.4. The molecule has 0 radical (unpaired) electrons. The van der Waals surface area contributed by atoms with Crippen LogP contribution in [0.2, 0.25) is 10.0 Å². The Labute approximate surface area is 224 Å². The second-order valence-corrected chi connectivity index (χ2v) is 11.5. The van der Waals surface area contributed by atoms with Crippen LogP contribution in [0.5, 0.6) is 5.88 Å². The molecule has 194 valence electrons. The van der Waals surface area contributed by atoms with Gasteiger partial charge >= 0.3 is 0 Å². The van der Waals surface area contributed by atoms with Gasteiger partial charge in [-0.1, -0.05) is 29.3 Å². The smallest absolute Gasteiger partial charge is 0.268 e. The molecule has 3 heterocycles. The first-order chi connectivity index (χ1) is 17.8. The fourth-order valence-corrected chi connectivity index (χ4v) is 5.90. The number of piperazine rings is 1. The summed E-state index contributed by atoms with van der Waals surface area (Å²) in [5.41, 5.74) is 2.32. The molecule has 0 unspecified atom stereocenters. The number of halogens is 2. The van der Waals surface area contributed by atoms with Gasteiger partial charge in [0, 0.05) is 43.8 Å². The number of hydrogen-bond acceptors (Lipinski definition) is 8. The molecule has 3 aromatic rings. The third-order valence-corrected chi connectivity index (χ3v) is 8.74. The second-order valence-electron chi connectivity index (χ2n) is 8.45. The number of aromatic nitrogens is 2. The molecule has 2 aromatic carbocycles. The zero-order chi connectivity index (χ0) is 26.2. The zero-order valence-corrected chi connectivity index (χ0v) is 22.2. The van der Waals surface area contributed by atoms with Crippen LogP contribution in [0.1, 0.15) is 17.3 Å². The van der Waals surface area contributed by atoms with Gasteiger partial charge in [-0.15, -0.1) is 0 Å². The lowest BCUT2D eigenvalue weighted by Crippen LogP contribution is -2.49. The maximum absolute atomic E-state index is 13.1. The van der Waals surface area contributed by atoms with Crippen molar-refractivity contribution in [3.05, 3.63) is 64.3 Å². The van der Waals surface area contributed by atoms with Crippen molar-refractivity contribution in [2.45, 2.75) is 6.92 Å². The number of carbonyl (C=O) groups is 1. The Balaban J connectivity index is 1.25. The van der Waals surface area contributed by atoms with Crippen molar-refractivity contribution in [1.29, 1.82) is 0 Å². The van der Waals surface area contributed by atoms with E-state index >= 15 is 0 Å². The van der Waals surface area contributed by atoms with Crippen LogP contribution < -0.4 is 19.9 Å². The van der Waals surface area contributed by atoms with E-state index in [9.17, 15) is 13.2 Å². The van der Waals surface area contributed by atoms with E-state index in [0.717, 1.165) is 11.4 Å². The highest BCUT2D eigenvalue weighted by molar-refractivity contribution is 7.89. The Morgan fingerprint density at radius 3 is 2.35 bits per heavy atom. The standard InChI is InChI=1S/C24H24Cl2N6O4S/c1-2-37(34,35)31-12-10-30(11-13-31)17-8-6-16(7-9-17)28-24-27-14-18-22(29-24)36-15-32(23(18)33)21-19(25)4-3-5-20(21)26/h3-9,14H,2,10-13,15H2,1H3,(H,27,28,29). The van der Waals surface area contributed by atoms with Crippen molar-refractivity contribution in [3.8, 4) is 5.88 Å². The third-order valence-electron chi connectivity index (χ3n) is 6.25. The first kappa shape index (κ1) is 25.5.